The fraction of sp³-hybridized carbons (Fsp3) is 0.318. The average molecular weight is 394 g/mol. The number of anilines is 1. The van der Waals surface area contributed by atoms with E-state index in [4.69, 9.17) is 0 Å². The number of nitrogens with one attached hydrogen (secondary N) is 1. The predicted molar refractivity (Wildman–Crippen MR) is 110 cm³/mol. The first-order valence-corrected chi connectivity index (χ1v) is 11.2. The molecular formula is C22H22N2O3S. The molecular weight excluding hydrogens is 372 g/mol. The first-order chi connectivity index (χ1) is 13.5. The number of sulfonamides is 1. The maximum atomic E-state index is 13.6. The Kier molecular flexibility index (Phi) is 3.88. The van der Waals surface area contributed by atoms with Crippen LogP contribution in [0.1, 0.15) is 46.4 Å². The molecule has 5 rings (SSSR count). The molecule has 0 saturated carbocycles. The summed E-state index contributed by atoms with van der Waals surface area (Å²) >= 11 is 0. The topological polar surface area (TPSA) is 70.2 Å². The fourth-order valence-corrected chi connectivity index (χ4v) is 6.36. The van der Waals surface area contributed by atoms with Crippen LogP contribution >= 0.6 is 0 Å². The van der Waals surface area contributed by atoms with Crippen molar-refractivity contribution < 1.29 is 13.2 Å². The number of rotatable bonds is 2. The lowest BCUT2D eigenvalue weighted by Gasteiger charge is -2.31. The minimum Gasteiger partial charge on any atom is -0.358 e. The van der Waals surface area contributed by atoms with Crippen molar-refractivity contribution in [2.45, 2.75) is 43.9 Å². The average Bonchev–Trinajstić information content (AvgIpc) is 3.05. The van der Waals surface area contributed by atoms with Gasteiger partial charge in [0.05, 0.1) is 10.6 Å². The number of aromatic nitrogens is 1. The van der Waals surface area contributed by atoms with Crippen molar-refractivity contribution in [1.29, 1.82) is 0 Å². The van der Waals surface area contributed by atoms with Crippen LogP contribution in [0.4, 0.5) is 5.69 Å². The molecule has 0 amide bonds. The predicted octanol–water partition coefficient (Wildman–Crippen LogP) is 4.14. The van der Waals surface area contributed by atoms with Gasteiger partial charge in [0.2, 0.25) is 0 Å². The lowest BCUT2D eigenvalue weighted by Crippen LogP contribution is -2.35. The van der Waals surface area contributed by atoms with Crippen LogP contribution in [-0.2, 0) is 22.9 Å². The molecule has 1 aliphatic carbocycles. The van der Waals surface area contributed by atoms with E-state index in [1.165, 1.54) is 4.31 Å². The van der Waals surface area contributed by atoms with E-state index in [2.05, 4.69) is 4.98 Å². The third kappa shape index (κ3) is 2.51. The van der Waals surface area contributed by atoms with E-state index in [1.807, 2.05) is 37.3 Å². The molecule has 0 atom stereocenters. The van der Waals surface area contributed by atoms with E-state index in [0.29, 0.717) is 23.4 Å². The molecule has 6 heteroatoms. The van der Waals surface area contributed by atoms with Crippen LogP contribution in [0, 0.1) is 6.92 Å². The van der Waals surface area contributed by atoms with E-state index in [-0.39, 0.29) is 5.78 Å². The van der Waals surface area contributed by atoms with Gasteiger partial charge in [-0.15, -0.1) is 0 Å². The van der Waals surface area contributed by atoms with Gasteiger partial charge in [0, 0.05) is 35.1 Å². The molecule has 0 radical (unpaired) electrons. The number of nitrogens with zero attached hydrogens (tertiary/aromatic N) is 1. The summed E-state index contributed by atoms with van der Waals surface area (Å²) in [6, 6.07) is 11.3. The van der Waals surface area contributed by atoms with Crippen molar-refractivity contribution in [2.75, 3.05) is 10.8 Å². The van der Waals surface area contributed by atoms with Gasteiger partial charge in [0.25, 0.3) is 10.0 Å². The van der Waals surface area contributed by atoms with Crippen molar-refractivity contribution in [3.05, 3.63) is 58.8 Å². The smallest absolute Gasteiger partial charge is 0.264 e. The zero-order valence-corrected chi connectivity index (χ0v) is 16.6. The molecule has 2 aromatic carbocycles. The van der Waals surface area contributed by atoms with Crippen molar-refractivity contribution in [2.24, 2.45) is 0 Å². The zero-order chi connectivity index (χ0) is 19.5. The van der Waals surface area contributed by atoms with Gasteiger partial charge >= 0.3 is 0 Å². The molecule has 1 aliphatic heterocycles. The Morgan fingerprint density at radius 3 is 2.71 bits per heavy atom. The van der Waals surface area contributed by atoms with Gasteiger partial charge in [-0.25, -0.2) is 8.42 Å². The fourth-order valence-electron chi connectivity index (χ4n) is 4.59. The third-order valence-corrected chi connectivity index (χ3v) is 7.87. The van der Waals surface area contributed by atoms with Crippen molar-refractivity contribution >= 4 is 32.4 Å². The quantitative estimate of drug-likeness (QED) is 0.710. The number of para-hydroxylation sites is 1. The third-order valence-electron chi connectivity index (χ3n) is 5.92. The molecule has 1 aromatic heterocycles. The summed E-state index contributed by atoms with van der Waals surface area (Å²) in [6.45, 7) is 2.30. The lowest BCUT2D eigenvalue weighted by atomic mass is 9.94. The molecule has 0 unspecified atom stereocenters. The van der Waals surface area contributed by atoms with Crippen LogP contribution in [0.15, 0.2) is 41.3 Å². The van der Waals surface area contributed by atoms with Crippen LogP contribution in [0.5, 0.6) is 0 Å². The van der Waals surface area contributed by atoms with Crippen LogP contribution < -0.4 is 4.31 Å². The summed E-state index contributed by atoms with van der Waals surface area (Å²) in [4.78, 5) is 16.0. The summed E-state index contributed by atoms with van der Waals surface area (Å²) in [5.74, 6) is 0.146. The molecule has 0 bridgehead atoms. The number of hydrogen-bond acceptors (Lipinski definition) is 3. The number of carbonyl (C=O) groups is 1. The first-order valence-electron chi connectivity index (χ1n) is 9.76. The Morgan fingerprint density at radius 2 is 1.86 bits per heavy atom. The van der Waals surface area contributed by atoms with E-state index in [1.54, 1.807) is 6.07 Å². The number of hydrogen-bond donors (Lipinski definition) is 1. The van der Waals surface area contributed by atoms with Crippen LogP contribution in [0.3, 0.4) is 0 Å². The SMILES string of the molecule is Cc1cc2c3c([nH]c2cc1S(=O)(=O)N1CCCc2ccccc21)CCCC3=O. The summed E-state index contributed by atoms with van der Waals surface area (Å²) < 4.78 is 28.7. The minimum absolute atomic E-state index is 0.146. The van der Waals surface area contributed by atoms with Gasteiger partial charge < -0.3 is 4.98 Å². The second kappa shape index (κ2) is 6.21. The molecule has 2 aliphatic rings. The maximum absolute atomic E-state index is 13.6. The number of ketones is 1. The number of aryl methyl sites for hydroxylation is 3. The number of fused-ring (bicyclic) bond motifs is 4. The number of H-pyrrole nitrogens is 1. The van der Waals surface area contributed by atoms with Gasteiger partial charge in [-0.05, 0) is 61.9 Å². The maximum Gasteiger partial charge on any atom is 0.264 e. The molecule has 28 heavy (non-hydrogen) atoms. The number of benzene rings is 2. The van der Waals surface area contributed by atoms with Gasteiger partial charge in [0.1, 0.15) is 0 Å². The van der Waals surface area contributed by atoms with E-state index in [9.17, 15) is 13.2 Å². The molecule has 0 spiro atoms. The standard InChI is InChI=1S/C22H22N2O3S/c1-14-12-16-18(23-17-8-4-10-20(25)22(16)17)13-21(14)28(26,27)24-11-5-7-15-6-2-3-9-19(15)24/h2-3,6,9,12-13,23H,4-5,7-8,10-11H2,1H3. The largest absolute Gasteiger partial charge is 0.358 e. The van der Waals surface area contributed by atoms with E-state index < -0.39 is 10.0 Å². The Morgan fingerprint density at radius 1 is 1.04 bits per heavy atom. The molecule has 1 N–H and O–H groups in total. The lowest BCUT2D eigenvalue weighted by molar-refractivity contribution is 0.0974. The monoisotopic (exact) mass is 394 g/mol. The Hall–Kier alpha value is -2.60. The highest BCUT2D eigenvalue weighted by atomic mass is 32.2. The molecule has 5 nitrogen and oxygen atoms in total. The summed E-state index contributed by atoms with van der Waals surface area (Å²) in [6.07, 6.45) is 3.93. The second-order valence-electron chi connectivity index (χ2n) is 7.73. The highest BCUT2D eigenvalue weighted by molar-refractivity contribution is 7.92. The van der Waals surface area contributed by atoms with Crippen molar-refractivity contribution in [3.8, 4) is 0 Å². The highest BCUT2D eigenvalue weighted by Gasteiger charge is 2.31. The molecule has 2 heterocycles. The second-order valence-corrected chi connectivity index (χ2v) is 9.56. The zero-order valence-electron chi connectivity index (χ0n) is 15.8. The Bertz CT molecular complexity index is 1220. The Balaban J connectivity index is 1.67. The molecule has 144 valence electrons. The minimum atomic E-state index is -3.68. The number of aromatic amines is 1. The van der Waals surface area contributed by atoms with Crippen molar-refractivity contribution in [1.82, 2.24) is 4.98 Å². The number of carbonyl (C=O) groups excluding carboxylic acids is 1. The van der Waals surface area contributed by atoms with Gasteiger partial charge in [-0.3, -0.25) is 9.10 Å². The van der Waals surface area contributed by atoms with E-state index in [0.717, 1.165) is 59.1 Å². The Labute approximate surface area is 164 Å². The molecule has 3 aromatic rings. The number of Topliss-reactive ketones (excluding diaryl/α,β-unsaturated/α-hetero) is 1. The van der Waals surface area contributed by atoms with Gasteiger partial charge in [-0.2, -0.15) is 0 Å². The van der Waals surface area contributed by atoms with Crippen molar-refractivity contribution in [3.63, 3.8) is 0 Å². The van der Waals surface area contributed by atoms with Crippen LogP contribution in [0.25, 0.3) is 10.9 Å². The summed E-state index contributed by atoms with van der Waals surface area (Å²) in [5, 5.41) is 0.843. The van der Waals surface area contributed by atoms with Gasteiger partial charge in [-0.1, -0.05) is 18.2 Å². The summed E-state index contributed by atoms with van der Waals surface area (Å²) in [7, 11) is -3.68. The normalized spacial score (nSPS) is 16.9. The highest BCUT2D eigenvalue weighted by Crippen LogP contribution is 2.36. The first kappa shape index (κ1) is 17.5. The van der Waals surface area contributed by atoms with Crippen LogP contribution in [0.2, 0.25) is 0 Å². The van der Waals surface area contributed by atoms with Gasteiger partial charge in [0.15, 0.2) is 5.78 Å². The molecule has 0 fully saturated rings. The van der Waals surface area contributed by atoms with Crippen LogP contribution in [-0.4, -0.2) is 25.7 Å². The summed E-state index contributed by atoms with van der Waals surface area (Å²) in [5.41, 5.74) is 4.93. The van der Waals surface area contributed by atoms with E-state index >= 15 is 0 Å². The molecule has 0 saturated heterocycles.